The molecule has 8 nitrogen and oxygen atoms in total. The second-order valence-corrected chi connectivity index (χ2v) is 8.10. The van der Waals surface area contributed by atoms with Crippen molar-refractivity contribution in [2.75, 3.05) is 18.4 Å². The van der Waals surface area contributed by atoms with E-state index in [0.717, 1.165) is 28.7 Å². The fourth-order valence-corrected chi connectivity index (χ4v) is 4.21. The maximum Gasteiger partial charge on any atom is 0.325 e. The maximum atomic E-state index is 13.8. The van der Waals surface area contributed by atoms with Crippen molar-refractivity contribution in [3.05, 3.63) is 29.6 Å². The minimum absolute atomic E-state index is 0.131. The van der Waals surface area contributed by atoms with Gasteiger partial charge in [-0.2, -0.15) is 0 Å². The van der Waals surface area contributed by atoms with E-state index in [4.69, 9.17) is 0 Å². The molecule has 1 unspecified atom stereocenters. The van der Waals surface area contributed by atoms with Crippen molar-refractivity contribution >= 4 is 29.4 Å². The fraction of sp³-hybridized carbons (Fsp3) is 0.524. The minimum atomic E-state index is -1.72. The Kier molecular flexibility index (Phi) is 6.75. The van der Waals surface area contributed by atoms with Gasteiger partial charge in [-0.25, -0.2) is 22.9 Å². The van der Waals surface area contributed by atoms with E-state index in [1.54, 1.807) is 6.92 Å². The molecule has 0 aromatic heterocycles. The number of amides is 5. The van der Waals surface area contributed by atoms with Crippen LogP contribution in [0.5, 0.6) is 0 Å². The molecule has 174 valence electrons. The molecule has 1 aromatic carbocycles. The lowest BCUT2D eigenvalue weighted by Gasteiger charge is -2.29. The third-order valence-electron chi connectivity index (χ3n) is 5.84. The Bertz CT molecular complexity index is 949. The summed E-state index contributed by atoms with van der Waals surface area (Å²) in [5, 5.41) is 4.82. The molecule has 32 heavy (non-hydrogen) atoms. The molecule has 11 heteroatoms. The highest BCUT2D eigenvalue weighted by molar-refractivity contribution is 6.10. The van der Waals surface area contributed by atoms with Gasteiger partial charge in [-0.15, -0.1) is 0 Å². The number of urea groups is 1. The van der Waals surface area contributed by atoms with Gasteiger partial charge in [0.25, 0.3) is 5.91 Å². The monoisotopic (exact) mass is 454 g/mol. The molecule has 2 aliphatic rings. The van der Waals surface area contributed by atoms with Gasteiger partial charge in [-0.1, -0.05) is 19.8 Å². The summed E-state index contributed by atoms with van der Waals surface area (Å²) in [6, 6.07) is -0.264. The van der Waals surface area contributed by atoms with Crippen molar-refractivity contribution in [1.29, 1.82) is 0 Å². The summed E-state index contributed by atoms with van der Waals surface area (Å²) in [6.07, 6.45) is 3.08. The van der Waals surface area contributed by atoms with Gasteiger partial charge in [0.1, 0.15) is 11.6 Å². The molecule has 1 aromatic rings. The predicted octanol–water partition coefficient (Wildman–Crippen LogP) is 2.53. The third kappa shape index (κ3) is 4.28. The standard InChI is InChI=1S/C21H25F3N4O4/c1-3-10-27(11-15(29)25-14-7-6-13(22)16(23)17(14)24)18(30)12(2)28-19(31)21(26-20(28)32)8-4-5-9-21/h6-7,12H,3-5,8-11H2,1-2H3,(H,25,29)(H,26,32). The number of benzene rings is 1. The number of imide groups is 1. The zero-order valence-electron chi connectivity index (χ0n) is 17.8. The molecule has 2 fully saturated rings. The van der Waals surface area contributed by atoms with Crippen LogP contribution in [0.2, 0.25) is 0 Å². The zero-order chi connectivity index (χ0) is 23.6. The summed E-state index contributed by atoms with van der Waals surface area (Å²) >= 11 is 0. The van der Waals surface area contributed by atoms with Crippen molar-refractivity contribution < 1.29 is 32.3 Å². The summed E-state index contributed by atoms with van der Waals surface area (Å²) < 4.78 is 40.3. The number of nitrogens with one attached hydrogen (secondary N) is 2. The molecule has 0 bridgehead atoms. The molecular formula is C21H25F3N4O4. The molecule has 5 amide bonds. The van der Waals surface area contributed by atoms with Crippen LogP contribution in [0, 0.1) is 17.5 Å². The topological polar surface area (TPSA) is 98.8 Å². The van der Waals surface area contributed by atoms with Crippen molar-refractivity contribution in [3.63, 3.8) is 0 Å². The number of anilines is 1. The molecule has 1 aliphatic heterocycles. The number of nitrogens with zero attached hydrogens (tertiary/aromatic N) is 2. The van der Waals surface area contributed by atoms with E-state index in [9.17, 15) is 32.3 Å². The third-order valence-corrected chi connectivity index (χ3v) is 5.84. The van der Waals surface area contributed by atoms with Crippen LogP contribution in [-0.2, 0) is 14.4 Å². The van der Waals surface area contributed by atoms with Crippen LogP contribution in [-0.4, -0.2) is 58.2 Å². The largest absolute Gasteiger partial charge is 0.332 e. The summed E-state index contributed by atoms with van der Waals surface area (Å²) in [4.78, 5) is 52.8. The Balaban J connectivity index is 1.71. The maximum absolute atomic E-state index is 13.8. The molecule has 3 rings (SSSR count). The molecule has 1 saturated carbocycles. The Morgan fingerprint density at radius 3 is 2.47 bits per heavy atom. The molecule has 1 heterocycles. The molecular weight excluding hydrogens is 429 g/mol. The van der Waals surface area contributed by atoms with Gasteiger partial charge in [0.15, 0.2) is 17.5 Å². The lowest BCUT2D eigenvalue weighted by Crippen LogP contribution is -2.52. The van der Waals surface area contributed by atoms with Crippen molar-refractivity contribution in [2.45, 2.75) is 57.5 Å². The summed E-state index contributed by atoms with van der Waals surface area (Å²) in [5.41, 5.74) is -1.54. The molecule has 1 spiro atoms. The lowest BCUT2D eigenvalue weighted by atomic mass is 9.97. The van der Waals surface area contributed by atoms with Gasteiger partial charge in [0.05, 0.1) is 12.2 Å². The number of carbonyl (C=O) groups excluding carboxylic acids is 4. The first-order valence-electron chi connectivity index (χ1n) is 10.5. The van der Waals surface area contributed by atoms with E-state index in [1.807, 2.05) is 0 Å². The molecule has 1 aliphatic carbocycles. The van der Waals surface area contributed by atoms with Crippen LogP contribution in [0.25, 0.3) is 0 Å². The van der Waals surface area contributed by atoms with Crippen LogP contribution in [0.15, 0.2) is 12.1 Å². The van der Waals surface area contributed by atoms with E-state index < -0.39 is 65.0 Å². The highest BCUT2D eigenvalue weighted by Gasteiger charge is 2.54. The Morgan fingerprint density at radius 2 is 1.84 bits per heavy atom. The number of hydrogen-bond donors (Lipinski definition) is 2. The first-order chi connectivity index (χ1) is 15.1. The quantitative estimate of drug-likeness (QED) is 0.489. The van der Waals surface area contributed by atoms with Gasteiger partial charge in [0, 0.05) is 6.54 Å². The number of rotatable bonds is 7. The Labute approximate surface area is 183 Å². The summed E-state index contributed by atoms with van der Waals surface area (Å²) in [6.45, 7) is 2.78. The van der Waals surface area contributed by atoms with E-state index in [0.29, 0.717) is 25.3 Å². The average molecular weight is 454 g/mol. The van der Waals surface area contributed by atoms with Gasteiger partial charge in [0.2, 0.25) is 11.8 Å². The van der Waals surface area contributed by atoms with E-state index in [1.165, 1.54) is 6.92 Å². The number of carbonyl (C=O) groups is 4. The molecule has 0 radical (unpaired) electrons. The zero-order valence-corrected chi connectivity index (χ0v) is 17.8. The fourth-order valence-electron chi connectivity index (χ4n) is 4.21. The molecule has 1 saturated heterocycles. The van der Waals surface area contributed by atoms with Crippen molar-refractivity contribution in [2.24, 2.45) is 0 Å². The normalized spacial score (nSPS) is 18.1. The van der Waals surface area contributed by atoms with E-state index in [-0.39, 0.29) is 6.54 Å². The van der Waals surface area contributed by atoms with Gasteiger partial charge < -0.3 is 15.5 Å². The Hall–Kier alpha value is -3.11. The minimum Gasteiger partial charge on any atom is -0.332 e. The smallest absolute Gasteiger partial charge is 0.325 e. The van der Waals surface area contributed by atoms with Gasteiger partial charge >= 0.3 is 6.03 Å². The van der Waals surface area contributed by atoms with Crippen LogP contribution >= 0.6 is 0 Å². The van der Waals surface area contributed by atoms with Crippen LogP contribution < -0.4 is 10.6 Å². The number of halogens is 3. The first kappa shape index (κ1) is 23.6. The van der Waals surface area contributed by atoms with Crippen LogP contribution in [0.4, 0.5) is 23.7 Å². The lowest BCUT2D eigenvalue weighted by molar-refractivity contribution is -0.143. The molecule has 1 atom stereocenters. The highest BCUT2D eigenvalue weighted by atomic mass is 19.2. The molecule has 2 N–H and O–H groups in total. The average Bonchev–Trinajstić information content (AvgIpc) is 3.31. The van der Waals surface area contributed by atoms with E-state index in [2.05, 4.69) is 10.6 Å². The first-order valence-corrected chi connectivity index (χ1v) is 10.5. The SMILES string of the molecule is CCCN(CC(=O)Nc1ccc(F)c(F)c1F)C(=O)C(C)N1C(=O)NC2(CCCC2)C1=O. The Morgan fingerprint density at radius 1 is 1.19 bits per heavy atom. The highest BCUT2D eigenvalue weighted by Crippen LogP contribution is 2.36. The van der Waals surface area contributed by atoms with Crippen molar-refractivity contribution in [1.82, 2.24) is 15.1 Å². The van der Waals surface area contributed by atoms with Crippen LogP contribution in [0.3, 0.4) is 0 Å². The predicted molar refractivity (Wildman–Crippen MR) is 108 cm³/mol. The second-order valence-electron chi connectivity index (χ2n) is 8.10. The van der Waals surface area contributed by atoms with Crippen molar-refractivity contribution in [3.8, 4) is 0 Å². The summed E-state index contributed by atoms with van der Waals surface area (Å²) in [7, 11) is 0. The van der Waals surface area contributed by atoms with Gasteiger partial charge in [-0.3, -0.25) is 14.4 Å². The van der Waals surface area contributed by atoms with Gasteiger partial charge in [-0.05, 0) is 38.3 Å². The summed E-state index contributed by atoms with van der Waals surface area (Å²) in [5.74, 6) is -6.60. The second kappa shape index (κ2) is 9.17. The number of hydrogen-bond acceptors (Lipinski definition) is 4. The van der Waals surface area contributed by atoms with E-state index >= 15 is 0 Å². The van der Waals surface area contributed by atoms with Crippen LogP contribution in [0.1, 0.15) is 46.0 Å².